The molecule has 0 radical (unpaired) electrons. The van der Waals surface area contributed by atoms with Gasteiger partial charge in [0.05, 0.1) is 12.2 Å². The van der Waals surface area contributed by atoms with Gasteiger partial charge in [-0.2, -0.15) is 0 Å². The zero-order chi connectivity index (χ0) is 21.9. The first-order valence-electron chi connectivity index (χ1n) is 10.3. The highest BCUT2D eigenvalue weighted by atomic mass is 32.2. The van der Waals surface area contributed by atoms with Gasteiger partial charge in [-0.1, -0.05) is 55.5 Å². The summed E-state index contributed by atoms with van der Waals surface area (Å²) in [5.41, 5.74) is 3.68. The lowest BCUT2D eigenvalue weighted by Crippen LogP contribution is -2.05. The molecule has 0 aliphatic rings. The molecular formula is C25H19N3O3S. The number of oxazole rings is 1. The average Bonchev–Trinajstić information content (AvgIpc) is 3.25. The van der Waals surface area contributed by atoms with Crippen molar-refractivity contribution < 1.29 is 13.9 Å². The molecule has 158 valence electrons. The number of hydrogen-bond acceptors (Lipinski definition) is 7. The second kappa shape index (κ2) is 8.80. The quantitative estimate of drug-likeness (QED) is 0.292. The molecule has 2 aromatic heterocycles. The standard InChI is InChI=1S/C25H19N3O3S/c1-2-15-30-24(29)17-13-11-16(12-14-17)22-18-7-3-4-8-19(18)23(28-27-22)32-25-26-20-9-5-6-10-21(20)31-25/h3-14H,2,15H2,1H3. The van der Waals surface area contributed by atoms with E-state index in [9.17, 15) is 4.79 Å². The largest absolute Gasteiger partial charge is 0.462 e. The molecule has 0 saturated carbocycles. The number of carbonyl (C=O) groups is 1. The maximum absolute atomic E-state index is 12.1. The maximum atomic E-state index is 12.1. The minimum atomic E-state index is -0.320. The van der Waals surface area contributed by atoms with Crippen molar-refractivity contribution in [2.45, 2.75) is 23.6 Å². The van der Waals surface area contributed by atoms with E-state index in [1.807, 2.05) is 67.6 Å². The van der Waals surface area contributed by atoms with E-state index in [2.05, 4.69) is 15.2 Å². The highest BCUT2D eigenvalue weighted by molar-refractivity contribution is 7.99. The van der Waals surface area contributed by atoms with E-state index < -0.39 is 0 Å². The number of aromatic nitrogens is 3. The van der Waals surface area contributed by atoms with Crippen molar-refractivity contribution in [3.63, 3.8) is 0 Å². The Labute approximate surface area is 188 Å². The predicted molar refractivity (Wildman–Crippen MR) is 124 cm³/mol. The Hall–Kier alpha value is -3.71. The van der Waals surface area contributed by atoms with E-state index >= 15 is 0 Å². The molecule has 32 heavy (non-hydrogen) atoms. The first-order chi connectivity index (χ1) is 15.7. The number of ether oxygens (including phenoxy) is 1. The molecule has 0 aliphatic carbocycles. The smallest absolute Gasteiger partial charge is 0.338 e. The average molecular weight is 442 g/mol. The van der Waals surface area contributed by atoms with Gasteiger partial charge in [0.2, 0.25) is 0 Å². The summed E-state index contributed by atoms with van der Waals surface area (Å²) in [5, 5.41) is 12.1. The summed E-state index contributed by atoms with van der Waals surface area (Å²) in [6.45, 7) is 2.38. The van der Waals surface area contributed by atoms with E-state index in [0.717, 1.165) is 44.6 Å². The summed E-state index contributed by atoms with van der Waals surface area (Å²) in [5.74, 6) is -0.320. The Kier molecular flexibility index (Phi) is 5.56. The normalized spacial score (nSPS) is 11.2. The number of nitrogens with zero attached hydrogens (tertiary/aromatic N) is 3. The molecule has 0 fully saturated rings. The van der Waals surface area contributed by atoms with Crippen molar-refractivity contribution in [2.75, 3.05) is 6.61 Å². The predicted octanol–water partition coefficient (Wildman–Crippen LogP) is 6.16. The Morgan fingerprint density at radius 1 is 0.938 bits per heavy atom. The third-order valence-electron chi connectivity index (χ3n) is 4.94. The molecule has 0 spiro atoms. The maximum Gasteiger partial charge on any atom is 0.338 e. The van der Waals surface area contributed by atoms with Crippen LogP contribution in [0.25, 0.3) is 33.1 Å². The summed E-state index contributed by atoms with van der Waals surface area (Å²) in [4.78, 5) is 16.6. The molecule has 5 aromatic rings. The van der Waals surface area contributed by atoms with Gasteiger partial charge in [-0.05, 0) is 42.4 Å². The summed E-state index contributed by atoms with van der Waals surface area (Å²) < 4.78 is 11.0. The van der Waals surface area contributed by atoms with Gasteiger partial charge in [-0.15, -0.1) is 10.2 Å². The van der Waals surface area contributed by atoms with Gasteiger partial charge < -0.3 is 9.15 Å². The van der Waals surface area contributed by atoms with Gasteiger partial charge in [0.25, 0.3) is 5.22 Å². The van der Waals surface area contributed by atoms with Crippen LogP contribution < -0.4 is 0 Å². The first kappa shape index (κ1) is 20.2. The van der Waals surface area contributed by atoms with Gasteiger partial charge in [0, 0.05) is 16.3 Å². The Bertz CT molecular complexity index is 1380. The molecule has 0 atom stereocenters. The number of para-hydroxylation sites is 2. The third kappa shape index (κ3) is 3.94. The van der Waals surface area contributed by atoms with E-state index in [-0.39, 0.29) is 5.97 Å². The fourth-order valence-corrected chi connectivity index (χ4v) is 4.20. The van der Waals surface area contributed by atoms with Crippen molar-refractivity contribution in [3.8, 4) is 11.3 Å². The lowest BCUT2D eigenvalue weighted by atomic mass is 10.0. The summed E-state index contributed by atoms with van der Waals surface area (Å²) in [6.07, 6.45) is 0.791. The summed E-state index contributed by atoms with van der Waals surface area (Å²) in [6, 6.07) is 22.9. The molecule has 0 N–H and O–H groups in total. The minimum Gasteiger partial charge on any atom is -0.462 e. The molecule has 3 aromatic carbocycles. The zero-order valence-corrected chi connectivity index (χ0v) is 18.1. The van der Waals surface area contributed by atoms with Gasteiger partial charge in [0.1, 0.15) is 16.2 Å². The van der Waals surface area contributed by atoms with Gasteiger partial charge in [0.15, 0.2) is 5.58 Å². The molecule has 0 unspecified atom stereocenters. The monoisotopic (exact) mass is 441 g/mol. The molecule has 0 aliphatic heterocycles. The Morgan fingerprint density at radius 3 is 2.47 bits per heavy atom. The second-order valence-electron chi connectivity index (χ2n) is 7.16. The van der Waals surface area contributed by atoms with Crippen LogP contribution in [-0.4, -0.2) is 27.8 Å². The number of esters is 1. The van der Waals surface area contributed by atoms with Gasteiger partial charge >= 0.3 is 5.97 Å². The lowest BCUT2D eigenvalue weighted by Gasteiger charge is -2.09. The number of benzene rings is 3. The molecule has 0 amide bonds. The van der Waals surface area contributed by atoms with Crippen LogP contribution in [0.15, 0.2) is 87.5 Å². The van der Waals surface area contributed by atoms with Gasteiger partial charge in [-0.3, -0.25) is 0 Å². The Balaban J connectivity index is 1.48. The van der Waals surface area contributed by atoms with Crippen LogP contribution in [-0.2, 0) is 4.74 Å². The highest BCUT2D eigenvalue weighted by Crippen LogP contribution is 2.35. The molecular weight excluding hydrogens is 422 g/mol. The topological polar surface area (TPSA) is 78.1 Å². The number of rotatable bonds is 6. The highest BCUT2D eigenvalue weighted by Gasteiger charge is 2.15. The van der Waals surface area contributed by atoms with Crippen molar-refractivity contribution >= 4 is 39.6 Å². The minimum absolute atomic E-state index is 0.320. The summed E-state index contributed by atoms with van der Waals surface area (Å²) in [7, 11) is 0. The van der Waals surface area contributed by atoms with Crippen LogP contribution >= 0.6 is 11.8 Å². The van der Waals surface area contributed by atoms with Crippen LogP contribution in [0.1, 0.15) is 23.7 Å². The van der Waals surface area contributed by atoms with E-state index in [4.69, 9.17) is 9.15 Å². The van der Waals surface area contributed by atoms with Crippen LogP contribution in [0, 0.1) is 0 Å². The molecule has 0 bridgehead atoms. The van der Waals surface area contributed by atoms with Crippen molar-refractivity contribution in [2.24, 2.45) is 0 Å². The number of carbonyl (C=O) groups excluding carboxylic acids is 1. The Morgan fingerprint density at radius 2 is 1.69 bits per heavy atom. The molecule has 7 heteroatoms. The first-order valence-corrected chi connectivity index (χ1v) is 11.1. The number of fused-ring (bicyclic) bond motifs is 2. The summed E-state index contributed by atoms with van der Waals surface area (Å²) >= 11 is 1.35. The molecule has 6 nitrogen and oxygen atoms in total. The van der Waals surface area contributed by atoms with Crippen LogP contribution in [0.3, 0.4) is 0 Å². The fraction of sp³-hybridized carbons (Fsp3) is 0.120. The third-order valence-corrected chi connectivity index (χ3v) is 5.79. The lowest BCUT2D eigenvalue weighted by molar-refractivity contribution is 0.0505. The van der Waals surface area contributed by atoms with E-state index in [0.29, 0.717) is 17.4 Å². The van der Waals surface area contributed by atoms with Gasteiger partial charge in [-0.25, -0.2) is 9.78 Å². The molecule has 2 heterocycles. The van der Waals surface area contributed by atoms with Crippen LogP contribution in [0.2, 0.25) is 0 Å². The van der Waals surface area contributed by atoms with Crippen molar-refractivity contribution in [1.82, 2.24) is 15.2 Å². The van der Waals surface area contributed by atoms with E-state index in [1.54, 1.807) is 12.1 Å². The molecule has 5 rings (SSSR count). The number of hydrogen-bond donors (Lipinski definition) is 0. The fourth-order valence-electron chi connectivity index (χ4n) is 3.39. The van der Waals surface area contributed by atoms with Crippen LogP contribution in [0.4, 0.5) is 0 Å². The second-order valence-corrected chi connectivity index (χ2v) is 8.10. The molecule has 0 saturated heterocycles. The SMILES string of the molecule is CCCOC(=O)c1ccc(-c2nnc(Sc3nc4ccccc4o3)c3ccccc23)cc1. The van der Waals surface area contributed by atoms with Crippen molar-refractivity contribution in [1.29, 1.82) is 0 Å². The zero-order valence-electron chi connectivity index (χ0n) is 17.3. The van der Waals surface area contributed by atoms with E-state index in [1.165, 1.54) is 11.8 Å². The van der Waals surface area contributed by atoms with Crippen molar-refractivity contribution in [3.05, 3.63) is 78.4 Å². The van der Waals surface area contributed by atoms with Crippen LogP contribution in [0.5, 0.6) is 0 Å².